The smallest absolute Gasteiger partial charge is 0.328 e. The maximum atomic E-state index is 16.0. The van der Waals surface area contributed by atoms with Crippen molar-refractivity contribution in [2.45, 2.75) is 32.7 Å². The molecule has 304 valence electrons. The second-order valence-electron chi connectivity index (χ2n) is 15.5. The Morgan fingerprint density at radius 1 is 0.915 bits per heavy atom. The summed E-state index contributed by atoms with van der Waals surface area (Å²) in [7, 11) is 0. The second kappa shape index (κ2) is 15.8. The van der Waals surface area contributed by atoms with Gasteiger partial charge in [0.2, 0.25) is 5.91 Å². The standard InChI is InChI=1S/C42H44FN11O4S/c1-25-31(41(57)47-34-23-59-24-45-34)7-8-32(37(25)43)38-36(39(44)56)40-46-33-9-6-30(20-27(33)11-15-54(40)49-38)51-18-16-50(17-19-51)21-26-10-13-52(22-26)28-2-4-29(5-3-28)53-14-12-35(55)48-42(53)58/h2-9,20,23-24,26,46H,10-19,21-22H2,1H3,(H2,44,56)(H,47,57)(H,48,55,58)/t26-/m1/s1. The third-order valence-electron chi connectivity index (χ3n) is 11.8. The number of rotatable bonds is 9. The molecule has 59 heavy (non-hydrogen) atoms. The predicted octanol–water partition coefficient (Wildman–Crippen LogP) is 5.20. The number of fused-ring (bicyclic) bond motifs is 2. The molecule has 0 unspecified atom stereocenters. The molecular weight excluding hydrogens is 774 g/mol. The largest absolute Gasteiger partial charge is 0.371 e. The maximum Gasteiger partial charge on any atom is 0.328 e. The van der Waals surface area contributed by atoms with Crippen LogP contribution in [0.1, 0.15) is 44.7 Å². The number of halogens is 1. The van der Waals surface area contributed by atoms with Crippen LogP contribution in [0, 0.1) is 18.7 Å². The summed E-state index contributed by atoms with van der Waals surface area (Å²) in [5, 5.41) is 14.8. The normalized spacial score (nSPS) is 18.2. The lowest BCUT2D eigenvalue weighted by atomic mass is 9.99. The fraction of sp³-hybridized carbons (Fsp3) is 0.333. The van der Waals surface area contributed by atoms with Crippen molar-refractivity contribution >= 4 is 69.5 Å². The molecule has 5 aromatic rings. The van der Waals surface area contributed by atoms with Crippen LogP contribution in [-0.2, 0) is 17.8 Å². The maximum absolute atomic E-state index is 16.0. The average molecular weight is 818 g/mol. The van der Waals surface area contributed by atoms with Crippen molar-refractivity contribution in [3.05, 3.63) is 93.6 Å². The first-order valence-corrected chi connectivity index (χ1v) is 20.8. The van der Waals surface area contributed by atoms with E-state index in [1.165, 1.54) is 30.4 Å². The minimum Gasteiger partial charge on any atom is -0.371 e. The monoisotopic (exact) mass is 817 g/mol. The zero-order chi connectivity index (χ0) is 40.8. The molecule has 3 aromatic carbocycles. The number of aryl methyl sites for hydroxylation is 2. The van der Waals surface area contributed by atoms with Gasteiger partial charge in [0.15, 0.2) is 0 Å². The van der Waals surface area contributed by atoms with Crippen molar-refractivity contribution in [2.75, 3.05) is 77.7 Å². The molecule has 17 heteroatoms. The lowest BCUT2D eigenvalue weighted by Crippen LogP contribution is -2.49. The lowest BCUT2D eigenvalue weighted by Gasteiger charge is -2.37. The summed E-state index contributed by atoms with van der Waals surface area (Å²) in [5.41, 5.74) is 13.1. The molecule has 6 heterocycles. The highest BCUT2D eigenvalue weighted by Gasteiger charge is 2.31. The Hall–Kier alpha value is -6.33. The van der Waals surface area contributed by atoms with E-state index in [-0.39, 0.29) is 39.9 Å². The fourth-order valence-electron chi connectivity index (χ4n) is 8.63. The van der Waals surface area contributed by atoms with Crippen LogP contribution in [-0.4, -0.2) is 95.8 Å². The number of hydrogen-bond acceptors (Lipinski definition) is 11. The summed E-state index contributed by atoms with van der Waals surface area (Å²) in [6.45, 7) is 9.13. The highest BCUT2D eigenvalue weighted by molar-refractivity contribution is 7.07. The van der Waals surface area contributed by atoms with Gasteiger partial charge in [-0.05, 0) is 91.4 Å². The van der Waals surface area contributed by atoms with Gasteiger partial charge in [0.05, 0.1) is 5.51 Å². The summed E-state index contributed by atoms with van der Waals surface area (Å²) < 4.78 is 17.6. The van der Waals surface area contributed by atoms with E-state index >= 15 is 4.39 Å². The Balaban J connectivity index is 0.818. The number of primary amides is 1. The van der Waals surface area contributed by atoms with E-state index in [4.69, 9.17) is 10.8 Å². The first-order valence-electron chi connectivity index (χ1n) is 19.8. The number of hydrogen-bond donors (Lipinski definition) is 4. The molecular formula is C42H44FN11O4S. The van der Waals surface area contributed by atoms with Crippen molar-refractivity contribution in [3.8, 4) is 11.3 Å². The molecule has 5 N–H and O–H groups in total. The van der Waals surface area contributed by atoms with Gasteiger partial charge < -0.3 is 26.2 Å². The van der Waals surface area contributed by atoms with Gasteiger partial charge in [0, 0.05) is 105 Å². The van der Waals surface area contributed by atoms with Gasteiger partial charge in [-0.2, -0.15) is 5.10 Å². The number of nitrogens with one attached hydrogen (secondary N) is 3. The second-order valence-corrected chi connectivity index (χ2v) is 16.2. The van der Waals surface area contributed by atoms with E-state index in [9.17, 15) is 19.2 Å². The molecule has 2 aromatic heterocycles. The number of urea groups is 1. The highest BCUT2D eigenvalue weighted by Crippen LogP contribution is 2.38. The number of aromatic nitrogens is 3. The molecule has 9 rings (SSSR count). The molecule has 0 aliphatic carbocycles. The van der Waals surface area contributed by atoms with Gasteiger partial charge in [-0.25, -0.2) is 18.9 Å². The molecule has 3 saturated heterocycles. The molecule has 0 radical (unpaired) electrons. The zero-order valence-corrected chi connectivity index (χ0v) is 33.4. The summed E-state index contributed by atoms with van der Waals surface area (Å²) >= 11 is 1.34. The van der Waals surface area contributed by atoms with Crippen LogP contribution >= 0.6 is 11.3 Å². The number of nitrogens with zero attached hydrogens (tertiary/aromatic N) is 7. The Bertz CT molecular complexity index is 2450. The van der Waals surface area contributed by atoms with Crippen LogP contribution in [0.2, 0.25) is 0 Å². The third kappa shape index (κ3) is 7.58. The SMILES string of the molecule is Cc1c(C(=O)Nc2cscn2)ccc(-c2nn3c(c2C(N)=O)Nc2ccc(N4CCN(C[C@H]5CCN(c6ccc(N7CCC(=O)NC7=O)cc6)C5)CC4)cc2CC3)c1F. The summed E-state index contributed by atoms with van der Waals surface area (Å²) in [4.78, 5) is 62.7. The number of amides is 5. The number of nitrogens with two attached hydrogens (primary N) is 1. The number of carbonyl (C=O) groups excluding carboxylic acids is 4. The average Bonchev–Trinajstić information content (AvgIpc) is 3.98. The summed E-state index contributed by atoms with van der Waals surface area (Å²) in [6.07, 6.45) is 2.06. The Labute approximate surface area is 344 Å². The van der Waals surface area contributed by atoms with Crippen LogP contribution in [0.5, 0.6) is 0 Å². The van der Waals surface area contributed by atoms with Gasteiger partial charge in [-0.15, -0.1) is 11.3 Å². The van der Waals surface area contributed by atoms with Gasteiger partial charge in [-0.1, -0.05) is 0 Å². The van der Waals surface area contributed by atoms with Crippen LogP contribution in [0.4, 0.5) is 43.6 Å². The van der Waals surface area contributed by atoms with Crippen LogP contribution in [0.15, 0.2) is 65.5 Å². The zero-order valence-electron chi connectivity index (χ0n) is 32.5. The van der Waals surface area contributed by atoms with Gasteiger partial charge in [0.1, 0.15) is 28.7 Å². The quantitative estimate of drug-likeness (QED) is 0.155. The number of anilines is 6. The van der Waals surface area contributed by atoms with Crippen LogP contribution < -0.4 is 36.4 Å². The fourth-order valence-corrected chi connectivity index (χ4v) is 9.11. The van der Waals surface area contributed by atoms with E-state index in [1.807, 2.05) is 18.2 Å². The third-order valence-corrected chi connectivity index (χ3v) is 12.4. The molecule has 4 aliphatic heterocycles. The Morgan fingerprint density at radius 3 is 2.44 bits per heavy atom. The van der Waals surface area contributed by atoms with Crippen LogP contribution in [0.25, 0.3) is 11.3 Å². The van der Waals surface area contributed by atoms with E-state index in [0.717, 1.165) is 80.5 Å². The van der Waals surface area contributed by atoms with Crippen molar-refractivity contribution in [1.82, 2.24) is 25.0 Å². The highest BCUT2D eigenvalue weighted by atomic mass is 32.1. The number of thiazole rings is 1. The van der Waals surface area contributed by atoms with Crippen molar-refractivity contribution < 1.29 is 23.6 Å². The molecule has 1 atom stereocenters. The van der Waals surface area contributed by atoms with E-state index < -0.39 is 17.6 Å². The number of piperazine rings is 1. The molecule has 0 saturated carbocycles. The van der Waals surface area contributed by atoms with Crippen molar-refractivity contribution in [2.24, 2.45) is 11.7 Å². The Kier molecular flexibility index (Phi) is 10.2. The van der Waals surface area contributed by atoms with Gasteiger partial charge in [-0.3, -0.25) is 29.5 Å². The van der Waals surface area contributed by atoms with Gasteiger partial charge in [0.25, 0.3) is 11.8 Å². The lowest BCUT2D eigenvalue weighted by molar-refractivity contribution is -0.120. The topological polar surface area (TPSA) is 174 Å². The van der Waals surface area contributed by atoms with E-state index in [2.05, 4.69) is 59.9 Å². The minimum atomic E-state index is -0.738. The number of benzene rings is 3. The molecule has 15 nitrogen and oxygen atoms in total. The van der Waals surface area contributed by atoms with Crippen molar-refractivity contribution in [3.63, 3.8) is 0 Å². The summed E-state index contributed by atoms with van der Waals surface area (Å²) in [6, 6.07) is 17.0. The first-order chi connectivity index (χ1) is 28.6. The molecule has 3 fully saturated rings. The number of carbonyl (C=O) groups is 4. The molecule has 4 aliphatic rings. The van der Waals surface area contributed by atoms with E-state index in [0.29, 0.717) is 43.5 Å². The van der Waals surface area contributed by atoms with E-state index in [1.54, 1.807) is 20.5 Å². The van der Waals surface area contributed by atoms with Crippen molar-refractivity contribution in [1.29, 1.82) is 0 Å². The number of imide groups is 1. The van der Waals surface area contributed by atoms with Gasteiger partial charge >= 0.3 is 6.03 Å². The Morgan fingerprint density at radius 2 is 1.69 bits per heavy atom. The summed E-state index contributed by atoms with van der Waals surface area (Å²) in [5.74, 6) is -0.758. The minimum absolute atomic E-state index is 0.0840. The predicted molar refractivity (Wildman–Crippen MR) is 225 cm³/mol. The molecule has 0 spiro atoms. The molecule has 5 amide bonds. The van der Waals surface area contributed by atoms with Crippen LogP contribution in [0.3, 0.4) is 0 Å². The first kappa shape index (κ1) is 38.2. The molecule has 0 bridgehead atoms.